The number of carbonyl (C=O) groups is 1. The number of ether oxygens (including phenoxy) is 1. The van der Waals surface area contributed by atoms with Gasteiger partial charge in [-0.25, -0.2) is 0 Å². The number of alkyl halides is 3. The number of hydrogen-bond donors (Lipinski definition) is 2. The van der Waals surface area contributed by atoms with Gasteiger partial charge in [0.2, 0.25) is 0 Å². The number of carbonyl (C=O) groups excluding carboxylic acids is 1. The number of aromatic nitrogens is 1. The lowest BCUT2D eigenvalue weighted by atomic mass is 9.98. The zero-order valence-electron chi connectivity index (χ0n) is 11.6. The largest absolute Gasteiger partial charge is 0.468 e. The van der Waals surface area contributed by atoms with E-state index < -0.39 is 17.8 Å². The van der Waals surface area contributed by atoms with E-state index in [0.29, 0.717) is 23.9 Å². The van der Waals surface area contributed by atoms with Crippen LogP contribution < -0.4 is 5.32 Å². The van der Waals surface area contributed by atoms with Crippen molar-refractivity contribution in [3.8, 4) is 0 Å². The van der Waals surface area contributed by atoms with Crippen LogP contribution >= 0.6 is 12.4 Å². The van der Waals surface area contributed by atoms with Gasteiger partial charge in [0.15, 0.2) is 0 Å². The molecule has 0 aliphatic carbocycles. The molecule has 4 nitrogen and oxygen atoms in total. The molecule has 2 aromatic rings. The van der Waals surface area contributed by atoms with Crippen molar-refractivity contribution in [1.82, 2.24) is 10.3 Å². The maximum atomic E-state index is 12.7. The highest BCUT2D eigenvalue weighted by Crippen LogP contribution is 2.34. The van der Waals surface area contributed by atoms with Crippen LogP contribution in [0.4, 0.5) is 13.2 Å². The zero-order chi connectivity index (χ0) is 15.2. The van der Waals surface area contributed by atoms with Gasteiger partial charge in [-0.2, -0.15) is 13.2 Å². The average Bonchev–Trinajstić information content (AvgIpc) is 2.82. The molecular formula is C14H14ClF3N2O2. The monoisotopic (exact) mass is 334 g/mol. The Balaban J connectivity index is 0.00000176. The molecule has 0 radical (unpaired) electrons. The van der Waals surface area contributed by atoms with Crippen LogP contribution in [-0.4, -0.2) is 24.1 Å². The number of rotatable bonds is 1. The molecule has 1 aliphatic rings. The second kappa shape index (κ2) is 5.81. The lowest BCUT2D eigenvalue weighted by Crippen LogP contribution is -2.42. The van der Waals surface area contributed by atoms with Gasteiger partial charge in [-0.15, -0.1) is 12.4 Å². The van der Waals surface area contributed by atoms with Crippen molar-refractivity contribution in [2.24, 2.45) is 0 Å². The van der Waals surface area contributed by atoms with E-state index in [0.717, 1.165) is 23.4 Å². The predicted molar refractivity (Wildman–Crippen MR) is 76.9 cm³/mol. The van der Waals surface area contributed by atoms with Gasteiger partial charge in [0, 0.05) is 29.6 Å². The van der Waals surface area contributed by atoms with Crippen LogP contribution in [0.1, 0.15) is 16.8 Å². The summed E-state index contributed by atoms with van der Waals surface area (Å²) in [7, 11) is 1.31. The second-order valence-corrected chi connectivity index (χ2v) is 5.00. The molecule has 0 saturated heterocycles. The van der Waals surface area contributed by atoms with E-state index in [1.807, 2.05) is 0 Å². The molecule has 1 aliphatic heterocycles. The Morgan fingerprint density at radius 2 is 2.09 bits per heavy atom. The van der Waals surface area contributed by atoms with Crippen LogP contribution in [0.2, 0.25) is 0 Å². The number of esters is 1. The van der Waals surface area contributed by atoms with Crippen molar-refractivity contribution >= 4 is 29.3 Å². The maximum Gasteiger partial charge on any atom is 0.416 e. The van der Waals surface area contributed by atoms with Gasteiger partial charge < -0.3 is 9.72 Å². The van der Waals surface area contributed by atoms with E-state index in [1.54, 1.807) is 0 Å². The van der Waals surface area contributed by atoms with Gasteiger partial charge in [0.25, 0.3) is 0 Å². The summed E-state index contributed by atoms with van der Waals surface area (Å²) in [5.74, 6) is -0.373. The van der Waals surface area contributed by atoms with Crippen molar-refractivity contribution in [2.45, 2.75) is 25.2 Å². The molecule has 3 rings (SSSR count). The predicted octanol–water partition coefficient (Wildman–Crippen LogP) is 2.80. The second-order valence-electron chi connectivity index (χ2n) is 5.00. The minimum absolute atomic E-state index is 0. The number of nitrogens with one attached hydrogen (secondary N) is 2. The van der Waals surface area contributed by atoms with Crippen LogP contribution in [0.15, 0.2) is 18.2 Å². The molecule has 2 heterocycles. The molecule has 22 heavy (non-hydrogen) atoms. The fraction of sp³-hybridized carbons (Fsp3) is 0.357. The first-order valence-corrected chi connectivity index (χ1v) is 6.42. The third-order valence-electron chi connectivity index (χ3n) is 3.74. The van der Waals surface area contributed by atoms with Gasteiger partial charge in [0.1, 0.15) is 6.04 Å². The van der Waals surface area contributed by atoms with Crippen LogP contribution in [0.3, 0.4) is 0 Å². The topological polar surface area (TPSA) is 54.1 Å². The number of hydrogen-bond acceptors (Lipinski definition) is 3. The summed E-state index contributed by atoms with van der Waals surface area (Å²) in [6.45, 7) is 0.394. The molecule has 0 unspecified atom stereocenters. The minimum Gasteiger partial charge on any atom is -0.468 e. The summed E-state index contributed by atoms with van der Waals surface area (Å²) in [6.07, 6.45) is -3.97. The summed E-state index contributed by atoms with van der Waals surface area (Å²) < 4.78 is 42.9. The normalized spacial score (nSPS) is 17.7. The number of aromatic amines is 1. The van der Waals surface area contributed by atoms with Gasteiger partial charge in [-0.05, 0) is 17.7 Å². The Labute approximate surface area is 130 Å². The fourth-order valence-electron chi connectivity index (χ4n) is 2.68. The van der Waals surface area contributed by atoms with Crippen LogP contribution in [0.25, 0.3) is 10.9 Å². The first-order valence-electron chi connectivity index (χ1n) is 6.42. The summed E-state index contributed by atoms with van der Waals surface area (Å²) >= 11 is 0. The van der Waals surface area contributed by atoms with Gasteiger partial charge in [-0.1, -0.05) is 6.07 Å². The van der Waals surface area contributed by atoms with Crippen molar-refractivity contribution in [2.75, 3.05) is 7.11 Å². The molecule has 0 amide bonds. The van der Waals surface area contributed by atoms with Gasteiger partial charge >= 0.3 is 12.1 Å². The van der Waals surface area contributed by atoms with E-state index in [2.05, 4.69) is 10.3 Å². The smallest absolute Gasteiger partial charge is 0.416 e. The minimum atomic E-state index is -4.37. The Morgan fingerprint density at radius 1 is 1.36 bits per heavy atom. The summed E-state index contributed by atoms with van der Waals surface area (Å²) in [5.41, 5.74) is 1.42. The summed E-state index contributed by atoms with van der Waals surface area (Å²) in [6, 6.07) is 3.14. The molecule has 1 aromatic carbocycles. The highest BCUT2D eigenvalue weighted by atomic mass is 35.5. The molecule has 0 saturated carbocycles. The Bertz CT molecular complexity index is 712. The Morgan fingerprint density at radius 3 is 2.73 bits per heavy atom. The van der Waals surface area contributed by atoms with E-state index >= 15 is 0 Å². The number of fused-ring (bicyclic) bond motifs is 3. The van der Waals surface area contributed by atoms with Crippen LogP contribution in [0.5, 0.6) is 0 Å². The van der Waals surface area contributed by atoms with Gasteiger partial charge in [0.05, 0.1) is 12.7 Å². The lowest BCUT2D eigenvalue weighted by molar-refractivity contribution is -0.143. The SMILES string of the molecule is COC(=O)[C@@H]1Cc2c([nH]c3cc(C(F)(F)F)ccc23)CN1.Cl. The van der Waals surface area contributed by atoms with E-state index in [-0.39, 0.29) is 18.4 Å². The standard InChI is InChI=1S/C14H13F3N2O2.ClH/c1-21-13(20)11-5-9-8-3-2-7(14(15,16)17)4-10(8)19-12(9)6-18-11;/h2-4,11,18-19H,5-6H2,1H3;1H/t11-;/m0./s1. The molecular weight excluding hydrogens is 321 g/mol. The molecule has 1 atom stereocenters. The average molecular weight is 335 g/mol. The molecule has 120 valence electrons. The van der Waals surface area contributed by atoms with E-state index in [1.165, 1.54) is 13.2 Å². The summed E-state index contributed by atoms with van der Waals surface area (Å²) in [4.78, 5) is 14.6. The third-order valence-corrected chi connectivity index (χ3v) is 3.74. The van der Waals surface area contributed by atoms with E-state index in [4.69, 9.17) is 4.74 Å². The number of methoxy groups -OCH3 is 1. The number of H-pyrrole nitrogens is 1. The highest BCUT2D eigenvalue weighted by molar-refractivity contribution is 5.87. The first kappa shape index (κ1) is 16.6. The highest BCUT2D eigenvalue weighted by Gasteiger charge is 2.32. The quantitative estimate of drug-likeness (QED) is 0.789. The van der Waals surface area contributed by atoms with Crippen LogP contribution in [0, 0.1) is 0 Å². The van der Waals surface area contributed by atoms with Crippen molar-refractivity contribution < 1.29 is 22.7 Å². The summed E-state index contributed by atoms with van der Waals surface area (Å²) in [5, 5.41) is 3.72. The molecule has 8 heteroatoms. The number of halogens is 4. The lowest BCUT2D eigenvalue weighted by Gasteiger charge is -2.21. The van der Waals surface area contributed by atoms with Crippen molar-refractivity contribution in [3.63, 3.8) is 0 Å². The maximum absolute atomic E-state index is 12.7. The molecule has 1 aromatic heterocycles. The molecule has 0 spiro atoms. The van der Waals surface area contributed by atoms with E-state index in [9.17, 15) is 18.0 Å². The Hall–Kier alpha value is -1.73. The third kappa shape index (κ3) is 2.78. The van der Waals surface area contributed by atoms with Crippen molar-refractivity contribution in [3.05, 3.63) is 35.0 Å². The molecule has 0 fully saturated rings. The fourth-order valence-corrected chi connectivity index (χ4v) is 2.68. The first-order chi connectivity index (χ1) is 9.90. The zero-order valence-corrected chi connectivity index (χ0v) is 12.4. The molecule has 2 N–H and O–H groups in total. The van der Waals surface area contributed by atoms with Gasteiger partial charge in [-0.3, -0.25) is 10.1 Å². The Kier molecular flexibility index (Phi) is 4.39. The van der Waals surface area contributed by atoms with Crippen molar-refractivity contribution in [1.29, 1.82) is 0 Å². The molecule has 0 bridgehead atoms. The van der Waals surface area contributed by atoms with Crippen LogP contribution in [-0.2, 0) is 28.7 Å². The number of benzene rings is 1.